The molecule has 0 aliphatic carbocycles. The fourth-order valence-electron chi connectivity index (χ4n) is 3.89. The highest BCUT2D eigenvalue weighted by Gasteiger charge is 2.56. The van der Waals surface area contributed by atoms with Crippen LogP contribution in [0.1, 0.15) is 30.4 Å². The number of hydrogen-bond acceptors (Lipinski definition) is 7. The van der Waals surface area contributed by atoms with Crippen LogP contribution in [-0.4, -0.2) is 60.6 Å². The molecule has 2 aromatic rings. The van der Waals surface area contributed by atoms with E-state index in [2.05, 4.69) is 9.97 Å². The molecule has 1 saturated heterocycles. The summed E-state index contributed by atoms with van der Waals surface area (Å²) in [6.07, 6.45) is 2.03. The van der Waals surface area contributed by atoms with Crippen molar-refractivity contribution in [2.24, 2.45) is 11.8 Å². The summed E-state index contributed by atoms with van der Waals surface area (Å²) < 4.78 is 0. The topological polar surface area (TPSA) is 141 Å². The van der Waals surface area contributed by atoms with Gasteiger partial charge in [0.2, 0.25) is 0 Å². The summed E-state index contributed by atoms with van der Waals surface area (Å²) in [5, 5.41) is 29.7. The Morgan fingerprint density at radius 1 is 0.966 bits per heavy atom. The molecule has 2 aromatic heterocycles. The molecule has 3 N–H and O–H groups in total. The van der Waals surface area contributed by atoms with Gasteiger partial charge in [-0.15, -0.1) is 0 Å². The van der Waals surface area contributed by atoms with E-state index in [4.69, 9.17) is 0 Å². The normalized spacial score (nSPS) is 26.1. The van der Waals surface area contributed by atoms with Crippen molar-refractivity contribution in [1.82, 2.24) is 14.9 Å². The van der Waals surface area contributed by atoms with Crippen molar-refractivity contribution in [2.75, 3.05) is 6.54 Å². The average Bonchev–Trinajstić information content (AvgIpc) is 2.68. The van der Waals surface area contributed by atoms with Crippen LogP contribution in [0.4, 0.5) is 0 Å². The summed E-state index contributed by atoms with van der Waals surface area (Å²) >= 11 is 0. The number of carbonyl (C=O) groups excluding carboxylic acids is 1. The SMILES string of the molecule is CC(O)CN1[C@H](c2ccccn2)C(C(=O)O)C(=O)C(C(=O)O)[C@@H]1c1ccccn1. The monoisotopic (exact) mass is 399 g/mol. The van der Waals surface area contributed by atoms with Crippen LogP contribution in [0.3, 0.4) is 0 Å². The maximum Gasteiger partial charge on any atom is 0.316 e. The molecule has 0 saturated carbocycles. The van der Waals surface area contributed by atoms with Crippen LogP contribution in [0, 0.1) is 11.8 Å². The largest absolute Gasteiger partial charge is 0.481 e. The van der Waals surface area contributed by atoms with Crippen molar-refractivity contribution in [3.05, 3.63) is 60.2 Å². The molecule has 5 atom stereocenters. The summed E-state index contributed by atoms with van der Waals surface area (Å²) in [6, 6.07) is 7.67. The van der Waals surface area contributed by atoms with Gasteiger partial charge in [-0.2, -0.15) is 0 Å². The number of piperidine rings is 1. The second kappa shape index (κ2) is 8.46. The van der Waals surface area contributed by atoms with Crippen molar-refractivity contribution in [1.29, 1.82) is 0 Å². The lowest BCUT2D eigenvalue weighted by atomic mass is 9.74. The highest BCUT2D eigenvalue weighted by molar-refractivity contribution is 6.09. The summed E-state index contributed by atoms with van der Waals surface area (Å²) in [5.41, 5.74) is 0.609. The number of hydrogen-bond donors (Lipinski definition) is 3. The fourth-order valence-corrected chi connectivity index (χ4v) is 3.89. The number of rotatable bonds is 6. The number of carbonyl (C=O) groups is 3. The Hall–Kier alpha value is -3.17. The molecule has 3 heterocycles. The molecule has 0 amide bonds. The summed E-state index contributed by atoms with van der Waals surface area (Å²) in [6.45, 7) is 1.44. The molecule has 0 aromatic carbocycles. The van der Waals surface area contributed by atoms with E-state index in [1.54, 1.807) is 36.4 Å². The Bertz CT molecular complexity index is 822. The Kier molecular flexibility index (Phi) is 6.00. The molecule has 0 bridgehead atoms. The van der Waals surface area contributed by atoms with Gasteiger partial charge in [0, 0.05) is 18.9 Å². The van der Waals surface area contributed by atoms with E-state index >= 15 is 0 Å². The Labute approximate surface area is 166 Å². The van der Waals surface area contributed by atoms with Crippen molar-refractivity contribution in [3.63, 3.8) is 0 Å². The first-order chi connectivity index (χ1) is 13.8. The molecule has 29 heavy (non-hydrogen) atoms. The highest BCUT2D eigenvalue weighted by atomic mass is 16.4. The van der Waals surface area contributed by atoms with Crippen molar-refractivity contribution < 1.29 is 29.7 Å². The van der Waals surface area contributed by atoms with Crippen LogP contribution in [0.25, 0.3) is 0 Å². The smallest absolute Gasteiger partial charge is 0.316 e. The van der Waals surface area contributed by atoms with E-state index < -0.39 is 47.7 Å². The molecular formula is C20H21N3O6. The van der Waals surface area contributed by atoms with E-state index in [1.807, 2.05) is 0 Å². The molecule has 3 rings (SSSR count). The number of aliphatic carboxylic acids is 2. The van der Waals surface area contributed by atoms with Gasteiger partial charge >= 0.3 is 11.9 Å². The summed E-state index contributed by atoms with van der Waals surface area (Å²) in [5.74, 6) is -7.09. The van der Waals surface area contributed by atoms with Crippen LogP contribution in [0.5, 0.6) is 0 Å². The lowest BCUT2D eigenvalue weighted by molar-refractivity contribution is -0.166. The number of nitrogens with zero attached hydrogens (tertiary/aromatic N) is 3. The molecule has 3 unspecified atom stereocenters. The molecule has 1 aliphatic rings. The minimum absolute atomic E-state index is 0.0661. The van der Waals surface area contributed by atoms with E-state index in [0.717, 1.165) is 0 Å². The number of β-amino-alcohol motifs (C(OH)–C–C–N with tert-alkyl or cyclic N) is 1. The first-order valence-electron chi connectivity index (χ1n) is 9.08. The first-order valence-corrected chi connectivity index (χ1v) is 9.08. The summed E-state index contributed by atoms with van der Waals surface area (Å²) in [4.78, 5) is 47.1. The number of carboxylic acid groups (broad SMARTS) is 2. The number of aliphatic hydroxyl groups is 1. The van der Waals surface area contributed by atoms with Gasteiger partial charge in [-0.1, -0.05) is 12.1 Å². The second-order valence-corrected chi connectivity index (χ2v) is 6.98. The maximum absolute atomic E-state index is 13.1. The molecule has 9 heteroatoms. The number of Topliss-reactive ketones (excluding diaryl/α,β-unsaturated/α-hetero) is 1. The fraction of sp³-hybridized carbons (Fsp3) is 0.350. The number of aromatic nitrogens is 2. The number of carboxylic acids is 2. The summed E-state index contributed by atoms with van der Waals surface area (Å²) in [7, 11) is 0. The van der Waals surface area contributed by atoms with Gasteiger partial charge in [0.15, 0.2) is 5.78 Å². The third kappa shape index (κ3) is 4.01. The minimum atomic E-state index is -1.65. The molecule has 9 nitrogen and oxygen atoms in total. The Morgan fingerprint density at radius 2 is 1.41 bits per heavy atom. The zero-order chi connectivity index (χ0) is 21.1. The van der Waals surface area contributed by atoms with E-state index in [0.29, 0.717) is 11.4 Å². The first kappa shape index (κ1) is 20.6. The van der Waals surface area contributed by atoms with Gasteiger partial charge < -0.3 is 15.3 Å². The van der Waals surface area contributed by atoms with Gasteiger partial charge in [0.25, 0.3) is 0 Å². The van der Waals surface area contributed by atoms with Crippen LogP contribution in [0.2, 0.25) is 0 Å². The van der Waals surface area contributed by atoms with Gasteiger partial charge in [-0.3, -0.25) is 29.3 Å². The Morgan fingerprint density at radius 3 is 1.72 bits per heavy atom. The standard InChI is InChI=1S/C20H21N3O6/c1-11(24)10-23-16(12-6-2-4-8-21-12)14(19(26)27)18(25)15(20(28)29)17(23)13-7-3-5-9-22-13/h2-9,11,14-17,24H,10H2,1H3,(H,26,27)(H,28,29)/t11?,14?,15?,16-,17+. The van der Waals surface area contributed by atoms with Gasteiger partial charge in [0.1, 0.15) is 11.8 Å². The highest BCUT2D eigenvalue weighted by Crippen LogP contribution is 2.45. The van der Waals surface area contributed by atoms with E-state index in [9.17, 15) is 29.7 Å². The predicted molar refractivity (Wildman–Crippen MR) is 99.6 cm³/mol. The molecule has 0 spiro atoms. The number of ketones is 1. The zero-order valence-electron chi connectivity index (χ0n) is 15.6. The zero-order valence-corrected chi connectivity index (χ0v) is 15.6. The van der Waals surface area contributed by atoms with Crippen molar-refractivity contribution in [3.8, 4) is 0 Å². The number of pyridine rings is 2. The van der Waals surface area contributed by atoms with Crippen LogP contribution < -0.4 is 0 Å². The average molecular weight is 399 g/mol. The predicted octanol–water partition coefficient (Wildman–Crippen LogP) is 0.926. The van der Waals surface area contributed by atoms with Gasteiger partial charge in [-0.25, -0.2) is 0 Å². The Balaban J connectivity index is 2.25. The maximum atomic E-state index is 13.1. The minimum Gasteiger partial charge on any atom is -0.481 e. The number of aliphatic hydroxyl groups excluding tert-OH is 1. The second-order valence-electron chi connectivity index (χ2n) is 6.98. The third-order valence-corrected chi connectivity index (χ3v) is 4.95. The van der Waals surface area contributed by atoms with E-state index in [1.165, 1.54) is 24.2 Å². The van der Waals surface area contributed by atoms with Crippen LogP contribution in [0.15, 0.2) is 48.8 Å². The molecule has 152 valence electrons. The third-order valence-electron chi connectivity index (χ3n) is 4.95. The van der Waals surface area contributed by atoms with Crippen LogP contribution in [-0.2, 0) is 14.4 Å². The van der Waals surface area contributed by atoms with Crippen LogP contribution >= 0.6 is 0 Å². The molecule has 1 fully saturated rings. The molecule has 1 aliphatic heterocycles. The molecular weight excluding hydrogens is 378 g/mol. The van der Waals surface area contributed by atoms with Crippen molar-refractivity contribution >= 4 is 17.7 Å². The molecule has 0 radical (unpaired) electrons. The lowest BCUT2D eigenvalue weighted by Crippen LogP contribution is -2.56. The lowest BCUT2D eigenvalue weighted by Gasteiger charge is -2.46. The number of likely N-dealkylation sites (tertiary alicyclic amines) is 1. The quantitative estimate of drug-likeness (QED) is 0.605. The van der Waals surface area contributed by atoms with Gasteiger partial charge in [0.05, 0.1) is 29.6 Å². The van der Waals surface area contributed by atoms with Crippen molar-refractivity contribution in [2.45, 2.75) is 25.1 Å². The van der Waals surface area contributed by atoms with Gasteiger partial charge in [-0.05, 0) is 31.2 Å². The van der Waals surface area contributed by atoms with E-state index in [-0.39, 0.29) is 6.54 Å².